The summed E-state index contributed by atoms with van der Waals surface area (Å²) in [6.45, 7) is 2.35. The highest BCUT2D eigenvalue weighted by molar-refractivity contribution is 5.78. The lowest BCUT2D eigenvalue weighted by Crippen LogP contribution is -2.29. The number of hydrogen-bond donors (Lipinski definition) is 2. The largest absolute Gasteiger partial charge is 0.416 e. The zero-order valence-electron chi connectivity index (χ0n) is 15.9. The Kier molecular flexibility index (Phi) is 5.10. The molecule has 0 spiro atoms. The number of anilines is 2. The van der Waals surface area contributed by atoms with Gasteiger partial charge < -0.3 is 10.6 Å². The van der Waals surface area contributed by atoms with Crippen molar-refractivity contribution < 1.29 is 18.0 Å². The Bertz CT molecular complexity index is 1080. The predicted octanol–water partition coefficient (Wildman–Crippen LogP) is 3.08. The van der Waals surface area contributed by atoms with Crippen LogP contribution in [0.1, 0.15) is 24.0 Å². The first-order chi connectivity index (χ1) is 14.3. The van der Waals surface area contributed by atoms with Crippen LogP contribution in [0.25, 0.3) is 11.4 Å². The summed E-state index contributed by atoms with van der Waals surface area (Å²) in [5.41, 5.74) is 1.08. The number of nitrogens with zero attached hydrogens (tertiary/aromatic N) is 5. The van der Waals surface area contributed by atoms with Crippen LogP contribution in [-0.4, -0.2) is 36.9 Å². The third-order valence-corrected chi connectivity index (χ3v) is 4.61. The van der Waals surface area contributed by atoms with Crippen molar-refractivity contribution in [3.63, 3.8) is 0 Å². The van der Waals surface area contributed by atoms with Crippen molar-refractivity contribution in [1.82, 2.24) is 30.3 Å². The lowest BCUT2D eigenvalue weighted by Gasteiger charge is -2.10. The lowest BCUT2D eigenvalue weighted by atomic mass is 10.2. The molecule has 156 valence electrons. The fourth-order valence-electron chi connectivity index (χ4n) is 3.21. The van der Waals surface area contributed by atoms with Gasteiger partial charge in [0.1, 0.15) is 17.3 Å². The highest BCUT2D eigenvalue weighted by Crippen LogP contribution is 2.30. The summed E-state index contributed by atoms with van der Waals surface area (Å²) >= 11 is 0. The van der Waals surface area contributed by atoms with E-state index in [9.17, 15) is 18.0 Å². The summed E-state index contributed by atoms with van der Waals surface area (Å²) in [7, 11) is 0. The van der Waals surface area contributed by atoms with Gasteiger partial charge in [0.2, 0.25) is 5.91 Å². The van der Waals surface area contributed by atoms with Crippen LogP contribution in [0.3, 0.4) is 0 Å². The minimum absolute atomic E-state index is 0.0155. The predicted molar refractivity (Wildman–Crippen MR) is 102 cm³/mol. The number of aromatic nitrogens is 5. The van der Waals surface area contributed by atoms with Gasteiger partial charge in [-0.05, 0) is 43.2 Å². The molecule has 8 nitrogen and oxygen atoms in total. The number of alkyl halides is 3. The normalized spacial score (nSPS) is 16.5. The van der Waals surface area contributed by atoms with Gasteiger partial charge >= 0.3 is 6.18 Å². The third-order valence-electron chi connectivity index (χ3n) is 4.61. The number of pyridine rings is 2. The van der Waals surface area contributed by atoms with Crippen molar-refractivity contribution in [3.05, 3.63) is 47.8 Å². The molecule has 0 saturated carbocycles. The minimum atomic E-state index is -4.46. The summed E-state index contributed by atoms with van der Waals surface area (Å²) in [6.07, 6.45) is -0.394. The fraction of sp³-hybridized carbons (Fsp3) is 0.316. The van der Waals surface area contributed by atoms with Gasteiger partial charge in [-0.3, -0.25) is 4.79 Å². The average Bonchev–Trinajstić information content (AvgIpc) is 3.30. The maximum atomic E-state index is 12.9. The molecule has 1 unspecified atom stereocenters. The van der Waals surface area contributed by atoms with E-state index in [1.54, 1.807) is 23.0 Å². The van der Waals surface area contributed by atoms with Gasteiger partial charge in [0.25, 0.3) is 0 Å². The van der Waals surface area contributed by atoms with Crippen molar-refractivity contribution in [2.75, 3.05) is 5.32 Å². The lowest BCUT2D eigenvalue weighted by molar-refractivity contribution is -0.137. The monoisotopic (exact) mass is 417 g/mol. The third kappa shape index (κ3) is 4.56. The van der Waals surface area contributed by atoms with Crippen molar-refractivity contribution >= 4 is 17.5 Å². The first-order valence-corrected chi connectivity index (χ1v) is 9.25. The molecule has 0 aliphatic carbocycles. The molecule has 0 radical (unpaired) electrons. The molecule has 1 atom stereocenters. The number of carbonyl (C=O) groups excluding carboxylic acids is 1. The summed E-state index contributed by atoms with van der Waals surface area (Å²) in [6, 6.07) is 5.35. The molecule has 11 heteroatoms. The van der Waals surface area contributed by atoms with E-state index in [4.69, 9.17) is 0 Å². The standard InChI is InChI=1S/C19H18F3N7O/c1-11-6-14(15-10-29(28-27-15)9-13-2-3-18(30)24-13)25-17(7-11)26-16-8-12(4-5-23-16)19(20,21)22/h4-8,10,13H,2-3,9H2,1H3,(H,24,30)(H,23,25,26). The number of halogens is 3. The number of aryl methyl sites for hydroxylation is 1. The molecule has 4 heterocycles. The van der Waals surface area contributed by atoms with Gasteiger partial charge in [0.05, 0.1) is 24.0 Å². The second-order valence-corrected chi connectivity index (χ2v) is 7.10. The van der Waals surface area contributed by atoms with Gasteiger partial charge in [-0.2, -0.15) is 13.2 Å². The SMILES string of the molecule is Cc1cc(Nc2cc(C(F)(F)F)ccn2)nc(-c2cn(CC3CCC(=O)N3)nn2)c1. The van der Waals surface area contributed by atoms with Crippen LogP contribution in [-0.2, 0) is 17.5 Å². The van der Waals surface area contributed by atoms with Crippen LogP contribution < -0.4 is 10.6 Å². The van der Waals surface area contributed by atoms with Crippen LogP contribution in [0.15, 0.2) is 36.7 Å². The molecule has 4 rings (SSSR count). The number of amides is 1. The van der Waals surface area contributed by atoms with E-state index in [0.717, 1.165) is 30.3 Å². The highest BCUT2D eigenvalue weighted by Gasteiger charge is 2.30. The molecule has 1 amide bonds. The maximum Gasteiger partial charge on any atom is 0.416 e. The van der Waals surface area contributed by atoms with E-state index < -0.39 is 11.7 Å². The topological polar surface area (TPSA) is 97.6 Å². The molecule has 1 saturated heterocycles. The number of carbonyl (C=O) groups is 1. The molecule has 3 aromatic heterocycles. The second kappa shape index (κ2) is 7.73. The molecule has 0 aromatic carbocycles. The Balaban J connectivity index is 1.53. The fourth-order valence-corrected chi connectivity index (χ4v) is 3.21. The number of nitrogens with one attached hydrogen (secondary N) is 2. The van der Waals surface area contributed by atoms with Gasteiger partial charge in [0.15, 0.2) is 0 Å². The van der Waals surface area contributed by atoms with Gasteiger partial charge in [-0.15, -0.1) is 5.10 Å². The van der Waals surface area contributed by atoms with Crippen molar-refractivity contribution in [2.45, 2.75) is 38.5 Å². The minimum Gasteiger partial charge on any atom is -0.351 e. The zero-order chi connectivity index (χ0) is 21.3. The molecule has 1 fully saturated rings. The summed E-state index contributed by atoms with van der Waals surface area (Å²) in [5.74, 6) is 0.406. The first kappa shape index (κ1) is 19.8. The molecule has 3 aromatic rings. The van der Waals surface area contributed by atoms with Gasteiger partial charge in [-0.25, -0.2) is 14.6 Å². The second-order valence-electron chi connectivity index (χ2n) is 7.10. The van der Waals surface area contributed by atoms with E-state index in [-0.39, 0.29) is 17.8 Å². The Labute approximate surface area is 169 Å². The van der Waals surface area contributed by atoms with Crippen molar-refractivity contribution in [1.29, 1.82) is 0 Å². The Morgan fingerprint density at radius 3 is 2.80 bits per heavy atom. The molecule has 1 aliphatic heterocycles. The Morgan fingerprint density at radius 2 is 2.07 bits per heavy atom. The van der Waals surface area contributed by atoms with Crippen molar-refractivity contribution in [3.8, 4) is 11.4 Å². The Hall–Kier alpha value is -3.50. The summed E-state index contributed by atoms with van der Waals surface area (Å²) < 4.78 is 40.4. The van der Waals surface area contributed by atoms with Gasteiger partial charge in [-0.1, -0.05) is 5.21 Å². The smallest absolute Gasteiger partial charge is 0.351 e. The van der Waals surface area contributed by atoms with Crippen LogP contribution in [0, 0.1) is 6.92 Å². The summed E-state index contributed by atoms with van der Waals surface area (Å²) in [5, 5.41) is 13.9. The molecular formula is C19H18F3N7O. The molecule has 30 heavy (non-hydrogen) atoms. The molecule has 2 N–H and O–H groups in total. The highest BCUT2D eigenvalue weighted by atomic mass is 19.4. The number of rotatable bonds is 5. The number of hydrogen-bond acceptors (Lipinski definition) is 6. The first-order valence-electron chi connectivity index (χ1n) is 9.25. The maximum absolute atomic E-state index is 12.9. The average molecular weight is 417 g/mol. The molecular weight excluding hydrogens is 399 g/mol. The van der Waals surface area contributed by atoms with Gasteiger partial charge in [0, 0.05) is 18.7 Å². The molecule has 1 aliphatic rings. The van der Waals surface area contributed by atoms with Crippen molar-refractivity contribution in [2.24, 2.45) is 0 Å². The van der Waals surface area contributed by atoms with E-state index in [2.05, 4.69) is 30.9 Å². The zero-order valence-corrected chi connectivity index (χ0v) is 15.9. The van der Waals surface area contributed by atoms with E-state index in [1.165, 1.54) is 0 Å². The van der Waals surface area contributed by atoms with E-state index in [0.29, 0.717) is 30.2 Å². The Morgan fingerprint density at radius 1 is 1.23 bits per heavy atom. The van der Waals surface area contributed by atoms with Crippen LogP contribution in [0.2, 0.25) is 0 Å². The van der Waals surface area contributed by atoms with Crippen LogP contribution in [0.4, 0.5) is 24.8 Å². The van der Waals surface area contributed by atoms with E-state index in [1.807, 2.05) is 6.92 Å². The van der Waals surface area contributed by atoms with Crippen LogP contribution in [0.5, 0.6) is 0 Å². The van der Waals surface area contributed by atoms with Crippen LogP contribution >= 0.6 is 0 Å². The summed E-state index contributed by atoms with van der Waals surface area (Å²) in [4.78, 5) is 19.7. The molecule has 0 bridgehead atoms. The van der Waals surface area contributed by atoms with E-state index >= 15 is 0 Å². The quantitative estimate of drug-likeness (QED) is 0.662.